The number of nitrogens with zero attached hydrogens (tertiary/aromatic N) is 1. The molecule has 2 N–H and O–H groups in total. The van der Waals surface area contributed by atoms with E-state index >= 15 is 0 Å². The third-order valence-electron chi connectivity index (χ3n) is 2.55. The Labute approximate surface area is 114 Å². The maximum Gasteiger partial charge on any atom is 0.338 e. The average molecular weight is 284 g/mol. The van der Waals surface area contributed by atoms with Crippen molar-refractivity contribution in [3.8, 4) is 0 Å². The Bertz CT molecular complexity index is 547. The van der Waals surface area contributed by atoms with Crippen molar-refractivity contribution in [3.05, 3.63) is 42.0 Å². The van der Waals surface area contributed by atoms with Crippen molar-refractivity contribution in [2.45, 2.75) is 6.92 Å². The van der Waals surface area contributed by atoms with Crippen molar-refractivity contribution < 1.29 is 23.5 Å². The first-order chi connectivity index (χ1) is 9.40. The van der Waals surface area contributed by atoms with Gasteiger partial charge in [0, 0.05) is 19.2 Å². The Morgan fingerprint density at radius 2 is 2.05 bits per heavy atom. The zero-order valence-electron chi connectivity index (χ0n) is 10.8. The van der Waals surface area contributed by atoms with Gasteiger partial charge in [-0.2, -0.15) is 0 Å². The molecule has 2 amide bonds. The third-order valence-corrected chi connectivity index (χ3v) is 2.55. The monoisotopic (exact) mass is 284 g/mol. The number of benzene rings is 1. The predicted molar refractivity (Wildman–Crippen MR) is 69.8 cm³/mol. The first-order valence-corrected chi connectivity index (χ1v) is 5.79. The molecule has 0 fully saturated rings. The molecule has 0 heterocycles. The number of hydrogen-bond donors (Lipinski definition) is 2. The van der Waals surface area contributed by atoms with Crippen molar-refractivity contribution in [2.24, 2.45) is 0 Å². The van der Waals surface area contributed by atoms with E-state index < -0.39 is 34.9 Å². The quantitative estimate of drug-likeness (QED) is 0.817. The van der Waals surface area contributed by atoms with Crippen LogP contribution < -0.4 is 5.32 Å². The minimum absolute atomic E-state index is 0.247. The normalized spacial score (nSPS) is 9.95. The molecule has 0 spiro atoms. The van der Waals surface area contributed by atoms with Gasteiger partial charge in [-0.05, 0) is 13.0 Å². The van der Waals surface area contributed by atoms with Crippen LogP contribution in [-0.4, -0.2) is 35.1 Å². The molecule has 1 aromatic carbocycles. The highest BCUT2D eigenvalue weighted by molar-refractivity contribution is 5.93. The van der Waals surface area contributed by atoms with Crippen LogP contribution in [0.15, 0.2) is 24.8 Å². The molecule has 0 aliphatic carbocycles. The lowest BCUT2D eigenvalue weighted by atomic mass is 10.2. The molecule has 1 rings (SSSR count). The topological polar surface area (TPSA) is 69.6 Å². The summed E-state index contributed by atoms with van der Waals surface area (Å²) < 4.78 is 26.7. The Kier molecular flexibility index (Phi) is 5.19. The predicted octanol–water partition coefficient (Wildman–Crippen LogP) is 2.70. The van der Waals surface area contributed by atoms with E-state index in [0.29, 0.717) is 12.6 Å². The van der Waals surface area contributed by atoms with Crippen LogP contribution in [0.5, 0.6) is 0 Å². The van der Waals surface area contributed by atoms with Gasteiger partial charge in [0.15, 0.2) is 0 Å². The van der Waals surface area contributed by atoms with Crippen molar-refractivity contribution >= 4 is 17.7 Å². The molecule has 0 saturated heterocycles. The zero-order chi connectivity index (χ0) is 15.3. The molecule has 1 aromatic rings. The van der Waals surface area contributed by atoms with E-state index in [1.807, 2.05) is 0 Å². The summed E-state index contributed by atoms with van der Waals surface area (Å²) >= 11 is 0. The van der Waals surface area contributed by atoms with Crippen LogP contribution >= 0.6 is 0 Å². The van der Waals surface area contributed by atoms with Crippen LogP contribution in [0.25, 0.3) is 0 Å². The number of nitrogens with one attached hydrogen (secondary N) is 1. The summed E-state index contributed by atoms with van der Waals surface area (Å²) in [5, 5.41) is 11.0. The fraction of sp³-hybridized carbons (Fsp3) is 0.231. The number of hydrogen-bond acceptors (Lipinski definition) is 2. The summed E-state index contributed by atoms with van der Waals surface area (Å²) in [6.07, 6.45) is 1.49. The number of anilines is 1. The second-order valence-corrected chi connectivity index (χ2v) is 3.87. The molecule has 0 bridgehead atoms. The number of carbonyl (C=O) groups is 2. The highest BCUT2D eigenvalue weighted by Crippen LogP contribution is 2.20. The van der Waals surface area contributed by atoms with Crippen LogP contribution in [0.1, 0.15) is 17.3 Å². The van der Waals surface area contributed by atoms with Gasteiger partial charge in [-0.25, -0.2) is 18.4 Å². The van der Waals surface area contributed by atoms with Crippen molar-refractivity contribution in [3.63, 3.8) is 0 Å². The molecule has 0 aromatic heterocycles. The van der Waals surface area contributed by atoms with Crippen LogP contribution in [0.3, 0.4) is 0 Å². The van der Waals surface area contributed by atoms with Gasteiger partial charge >= 0.3 is 12.0 Å². The van der Waals surface area contributed by atoms with Crippen molar-refractivity contribution in [1.29, 1.82) is 0 Å². The molecule has 0 aliphatic heterocycles. The lowest BCUT2D eigenvalue weighted by Gasteiger charge is -2.19. The maximum atomic E-state index is 13.5. The number of amides is 2. The largest absolute Gasteiger partial charge is 0.478 e. The third kappa shape index (κ3) is 3.53. The van der Waals surface area contributed by atoms with E-state index in [1.165, 1.54) is 11.0 Å². The van der Waals surface area contributed by atoms with Gasteiger partial charge in [-0.15, -0.1) is 6.58 Å². The highest BCUT2D eigenvalue weighted by atomic mass is 19.1. The first-order valence-electron chi connectivity index (χ1n) is 5.79. The Hall–Kier alpha value is -2.44. The number of carboxylic acid groups (broad SMARTS) is 1. The van der Waals surface area contributed by atoms with Crippen LogP contribution in [0.4, 0.5) is 19.3 Å². The van der Waals surface area contributed by atoms with E-state index in [-0.39, 0.29) is 6.54 Å². The highest BCUT2D eigenvalue weighted by Gasteiger charge is 2.18. The Morgan fingerprint density at radius 3 is 2.55 bits per heavy atom. The fourth-order valence-electron chi connectivity index (χ4n) is 1.51. The van der Waals surface area contributed by atoms with Gasteiger partial charge in [0.2, 0.25) is 0 Å². The smallest absolute Gasteiger partial charge is 0.338 e. The lowest BCUT2D eigenvalue weighted by molar-refractivity contribution is 0.0691. The molecule has 0 saturated carbocycles. The summed E-state index contributed by atoms with van der Waals surface area (Å²) in [6.45, 7) is 5.80. The summed E-state index contributed by atoms with van der Waals surface area (Å²) in [5.41, 5.74) is -1.11. The summed E-state index contributed by atoms with van der Waals surface area (Å²) in [4.78, 5) is 23.9. The van der Waals surface area contributed by atoms with Gasteiger partial charge < -0.3 is 15.3 Å². The number of halogens is 2. The van der Waals surface area contributed by atoms with Gasteiger partial charge in [0.25, 0.3) is 0 Å². The molecule has 0 radical (unpaired) electrons. The van der Waals surface area contributed by atoms with Gasteiger partial charge in [0.1, 0.15) is 11.6 Å². The number of aromatic carboxylic acids is 1. The zero-order valence-corrected chi connectivity index (χ0v) is 10.8. The van der Waals surface area contributed by atoms with Crippen molar-refractivity contribution in [2.75, 3.05) is 18.4 Å². The molecular weight excluding hydrogens is 270 g/mol. The average Bonchev–Trinajstić information content (AvgIpc) is 2.38. The molecule has 5 nitrogen and oxygen atoms in total. The number of rotatable bonds is 5. The summed E-state index contributed by atoms with van der Waals surface area (Å²) in [7, 11) is 0. The van der Waals surface area contributed by atoms with Crippen LogP contribution in [-0.2, 0) is 0 Å². The lowest BCUT2D eigenvalue weighted by Crippen LogP contribution is -2.35. The number of carboxylic acids is 1. The van der Waals surface area contributed by atoms with Crippen molar-refractivity contribution in [1.82, 2.24) is 4.90 Å². The standard InChI is InChI=1S/C13H14F2N2O3/c1-3-5-17(4-2)13(20)16-11-6-8(12(18)19)9(14)7-10(11)15/h3,6-7H,1,4-5H2,2H3,(H,16,20)(H,18,19). The SMILES string of the molecule is C=CCN(CC)C(=O)Nc1cc(C(=O)O)c(F)cc1F. The Morgan fingerprint density at radius 1 is 1.40 bits per heavy atom. The molecule has 0 unspecified atom stereocenters. The first kappa shape index (κ1) is 15.6. The van der Waals surface area contributed by atoms with Gasteiger partial charge in [-0.1, -0.05) is 6.08 Å². The maximum absolute atomic E-state index is 13.5. The molecule has 0 aliphatic rings. The Balaban J connectivity index is 3.02. The van der Waals surface area contributed by atoms with E-state index in [2.05, 4.69) is 11.9 Å². The van der Waals surface area contributed by atoms with Crippen LogP contribution in [0.2, 0.25) is 0 Å². The van der Waals surface area contributed by atoms with E-state index in [9.17, 15) is 18.4 Å². The second-order valence-electron chi connectivity index (χ2n) is 3.87. The van der Waals surface area contributed by atoms with Gasteiger partial charge in [-0.3, -0.25) is 0 Å². The van der Waals surface area contributed by atoms with Gasteiger partial charge in [0.05, 0.1) is 11.3 Å². The molecule has 7 heteroatoms. The number of carbonyl (C=O) groups excluding carboxylic acids is 1. The van der Waals surface area contributed by atoms with E-state index in [0.717, 1.165) is 6.07 Å². The molecule has 108 valence electrons. The summed E-state index contributed by atoms with van der Waals surface area (Å²) in [6, 6.07) is 0.532. The minimum atomic E-state index is -1.54. The number of urea groups is 1. The summed E-state index contributed by atoms with van der Waals surface area (Å²) in [5.74, 6) is -3.79. The number of likely N-dealkylation sites (N-methyl/N-ethyl adjacent to an activating group) is 1. The van der Waals surface area contributed by atoms with E-state index in [1.54, 1.807) is 6.92 Å². The fourth-order valence-corrected chi connectivity index (χ4v) is 1.51. The second kappa shape index (κ2) is 6.65. The minimum Gasteiger partial charge on any atom is -0.478 e. The van der Waals surface area contributed by atoms with Crippen LogP contribution in [0, 0.1) is 11.6 Å². The molecular formula is C13H14F2N2O3. The molecule has 20 heavy (non-hydrogen) atoms. The molecule has 0 atom stereocenters. The van der Waals surface area contributed by atoms with E-state index in [4.69, 9.17) is 5.11 Å².